The smallest absolute Gasteiger partial charge is 0.414 e. The maximum atomic E-state index is 12.1. The van der Waals surface area contributed by atoms with Gasteiger partial charge in [0.2, 0.25) is 5.91 Å². The van der Waals surface area contributed by atoms with E-state index >= 15 is 0 Å². The molecule has 1 fully saturated rings. The third-order valence-electron chi connectivity index (χ3n) is 4.05. The van der Waals surface area contributed by atoms with Gasteiger partial charge in [-0.15, -0.1) is 0 Å². The summed E-state index contributed by atoms with van der Waals surface area (Å²) in [7, 11) is 1.69. The van der Waals surface area contributed by atoms with E-state index in [-0.39, 0.29) is 18.4 Å². The summed E-state index contributed by atoms with van der Waals surface area (Å²) in [4.78, 5) is 38.0. The van der Waals surface area contributed by atoms with E-state index in [1.165, 1.54) is 16.7 Å². The fourth-order valence-electron chi connectivity index (χ4n) is 2.77. The summed E-state index contributed by atoms with van der Waals surface area (Å²) in [5, 5.41) is 2.63. The van der Waals surface area contributed by atoms with Crippen LogP contribution in [0, 0.1) is 0 Å². The fourth-order valence-corrected chi connectivity index (χ4v) is 2.77. The quantitative estimate of drug-likeness (QED) is 0.887. The van der Waals surface area contributed by atoms with Gasteiger partial charge in [-0.25, -0.2) is 4.79 Å². The number of benzene rings is 1. The number of fused-ring (bicyclic) bond motifs is 1. The number of carbonyl (C=O) groups is 3. The van der Waals surface area contributed by atoms with E-state index in [1.54, 1.807) is 32.2 Å². The first-order valence-electron chi connectivity index (χ1n) is 7.67. The summed E-state index contributed by atoms with van der Waals surface area (Å²) in [5.74, 6) is 0.250. The number of rotatable bonds is 3. The Morgan fingerprint density at radius 2 is 2.08 bits per heavy atom. The van der Waals surface area contributed by atoms with Crippen molar-refractivity contribution in [1.29, 1.82) is 0 Å². The zero-order chi connectivity index (χ0) is 17.4. The summed E-state index contributed by atoms with van der Waals surface area (Å²) in [6, 6.07) is 5.20. The second-order valence-corrected chi connectivity index (χ2v) is 5.86. The van der Waals surface area contributed by atoms with E-state index in [9.17, 15) is 14.4 Å². The molecule has 0 bridgehead atoms. The molecular weight excluding hydrogens is 314 g/mol. The summed E-state index contributed by atoms with van der Waals surface area (Å²) >= 11 is 0. The number of hydrogen-bond donors (Lipinski definition) is 1. The van der Waals surface area contributed by atoms with Crippen molar-refractivity contribution in [2.45, 2.75) is 26.1 Å². The fraction of sp³-hybridized carbons (Fsp3) is 0.438. The highest BCUT2D eigenvalue weighted by molar-refractivity contribution is 6.00. The molecular formula is C16H19N3O5. The highest BCUT2D eigenvalue weighted by atomic mass is 16.6. The summed E-state index contributed by atoms with van der Waals surface area (Å²) in [6.07, 6.45) is -1.45. The van der Waals surface area contributed by atoms with Gasteiger partial charge >= 0.3 is 6.09 Å². The van der Waals surface area contributed by atoms with E-state index in [0.717, 1.165) is 0 Å². The molecule has 0 spiro atoms. The van der Waals surface area contributed by atoms with Crippen molar-refractivity contribution >= 4 is 29.3 Å². The van der Waals surface area contributed by atoms with Crippen molar-refractivity contribution in [3.05, 3.63) is 18.2 Å². The summed E-state index contributed by atoms with van der Waals surface area (Å²) in [5.41, 5.74) is 1.28. The minimum Gasteiger partial charge on any atom is -0.479 e. The van der Waals surface area contributed by atoms with Gasteiger partial charge in [-0.1, -0.05) is 0 Å². The third kappa shape index (κ3) is 2.86. The molecule has 8 heteroatoms. The normalized spacial score (nSPS) is 22.8. The average Bonchev–Trinajstić information content (AvgIpc) is 2.91. The van der Waals surface area contributed by atoms with Gasteiger partial charge in [0.25, 0.3) is 5.91 Å². The largest absolute Gasteiger partial charge is 0.479 e. The number of hydrogen-bond acceptors (Lipinski definition) is 5. The van der Waals surface area contributed by atoms with Crippen LogP contribution >= 0.6 is 0 Å². The molecule has 2 heterocycles. The molecule has 0 aromatic heterocycles. The van der Waals surface area contributed by atoms with Gasteiger partial charge in [-0.2, -0.15) is 0 Å². The van der Waals surface area contributed by atoms with Crippen molar-refractivity contribution < 1.29 is 23.9 Å². The van der Waals surface area contributed by atoms with E-state index in [4.69, 9.17) is 9.47 Å². The SMILES string of the molecule is CC(=O)NCC1CN(c2ccc3c(c2)OC(C)C(=O)N3C)C(=O)O1. The number of carbonyl (C=O) groups excluding carboxylic acids is 3. The van der Waals surface area contributed by atoms with Crippen molar-refractivity contribution in [1.82, 2.24) is 5.32 Å². The van der Waals surface area contributed by atoms with Crippen LogP contribution in [0.5, 0.6) is 5.75 Å². The zero-order valence-corrected chi connectivity index (χ0v) is 13.7. The molecule has 128 valence electrons. The number of amides is 3. The molecule has 0 aliphatic carbocycles. The molecule has 1 aromatic rings. The van der Waals surface area contributed by atoms with Crippen molar-refractivity contribution in [2.24, 2.45) is 0 Å². The molecule has 3 amide bonds. The number of anilines is 2. The second kappa shape index (κ2) is 6.03. The molecule has 0 radical (unpaired) electrons. The topological polar surface area (TPSA) is 88.2 Å². The molecule has 3 rings (SSSR count). The predicted octanol–water partition coefficient (Wildman–Crippen LogP) is 0.892. The minimum absolute atomic E-state index is 0.119. The second-order valence-electron chi connectivity index (χ2n) is 5.86. The van der Waals surface area contributed by atoms with Gasteiger partial charge in [-0.05, 0) is 19.1 Å². The number of cyclic esters (lactones) is 1. The lowest BCUT2D eigenvalue weighted by molar-refractivity contribution is -0.125. The van der Waals surface area contributed by atoms with Crippen LogP contribution in [-0.4, -0.2) is 50.3 Å². The third-order valence-corrected chi connectivity index (χ3v) is 4.05. The molecule has 2 atom stereocenters. The van der Waals surface area contributed by atoms with Gasteiger partial charge in [0.15, 0.2) is 6.10 Å². The van der Waals surface area contributed by atoms with E-state index in [2.05, 4.69) is 5.32 Å². The maximum Gasteiger partial charge on any atom is 0.414 e. The Morgan fingerprint density at radius 1 is 1.33 bits per heavy atom. The Bertz CT molecular complexity index is 705. The van der Waals surface area contributed by atoms with Crippen LogP contribution in [0.15, 0.2) is 18.2 Å². The van der Waals surface area contributed by atoms with Crippen LogP contribution in [0.3, 0.4) is 0 Å². The number of ether oxygens (including phenoxy) is 2. The first-order chi connectivity index (χ1) is 11.4. The molecule has 1 aromatic carbocycles. The van der Waals surface area contributed by atoms with Crippen molar-refractivity contribution in [3.8, 4) is 5.75 Å². The molecule has 2 unspecified atom stereocenters. The van der Waals surface area contributed by atoms with E-state index in [1.807, 2.05) is 0 Å². The molecule has 1 saturated heterocycles. The van der Waals surface area contributed by atoms with Gasteiger partial charge in [0.05, 0.1) is 24.5 Å². The van der Waals surface area contributed by atoms with E-state index < -0.39 is 18.3 Å². The first kappa shape index (κ1) is 16.1. The monoisotopic (exact) mass is 333 g/mol. The van der Waals surface area contributed by atoms with Crippen LogP contribution in [0.4, 0.5) is 16.2 Å². The predicted molar refractivity (Wildman–Crippen MR) is 86.2 cm³/mol. The number of likely N-dealkylation sites (N-methyl/N-ethyl adjacent to an activating group) is 1. The maximum absolute atomic E-state index is 12.1. The zero-order valence-electron chi connectivity index (χ0n) is 13.7. The van der Waals surface area contributed by atoms with Crippen LogP contribution in [0.25, 0.3) is 0 Å². The standard InChI is InChI=1S/C16H19N3O5/c1-9-15(21)18(3)13-5-4-11(6-14(13)23-9)19-8-12(24-16(19)22)7-17-10(2)20/h4-6,9,12H,7-8H2,1-3H3,(H,17,20). The summed E-state index contributed by atoms with van der Waals surface area (Å²) in [6.45, 7) is 3.70. The Kier molecular flexibility index (Phi) is 4.04. The van der Waals surface area contributed by atoms with Gasteiger partial charge < -0.3 is 19.7 Å². The van der Waals surface area contributed by atoms with Gasteiger partial charge in [0.1, 0.15) is 11.9 Å². The van der Waals surface area contributed by atoms with E-state index in [0.29, 0.717) is 23.7 Å². The Labute approximate surface area is 139 Å². The van der Waals surface area contributed by atoms with Crippen molar-refractivity contribution in [2.75, 3.05) is 29.9 Å². The molecule has 2 aliphatic heterocycles. The van der Waals surface area contributed by atoms with Crippen molar-refractivity contribution in [3.63, 3.8) is 0 Å². The number of nitrogens with zero attached hydrogens (tertiary/aromatic N) is 2. The molecule has 24 heavy (non-hydrogen) atoms. The van der Waals surface area contributed by atoms with Crippen LogP contribution in [-0.2, 0) is 14.3 Å². The molecule has 2 aliphatic rings. The van der Waals surface area contributed by atoms with Crippen LogP contribution < -0.4 is 19.9 Å². The summed E-state index contributed by atoms with van der Waals surface area (Å²) < 4.78 is 10.9. The lowest BCUT2D eigenvalue weighted by atomic mass is 10.1. The Hall–Kier alpha value is -2.77. The Morgan fingerprint density at radius 3 is 2.79 bits per heavy atom. The highest BCUT2D eigenvalue weighted by Gasteiger charge is 2.34. The van der Waals surface area contributed by atoms with Crippen LogP contribution in [0.2, 0.25) is 0 Å². The molecule has 0 saturated carbocycles. The van der Waals surface area contributed by atoms with Crippen LogP contribution in [0.1, 0.15) is 13.8 Å². The minimum atomic E-state index is -0.573. The molecule has 8 nitrogen and oxygen atoms in total. The van der Waals surface area contributed by atoms with Gasteiger partial charge in [-0.3, -0.25) is 14.5 Å². The lowest BCUT2D eigenvalue weighted by Gasteiger charge is -2.31. The first-order valence-corrected chi connectivity index (χ1v) is 7.67. The number of nitrogens with one attached hydrogen (secondary N) is 1. The molecule has 1 N–H and O–H groups in total. The van der Waals surface area contributed by atoms with Gasteiger partial charge in [0, 0.05) is 20.0 Å². The highest BCUT2D eigenvalue weighted by Crippen LogP contribution is 2.37. The lowest BCUT2D eigenvalue weighted by Crippen LogP contribution is -2.42. The Balaban J connectivity index is 1.79. The average molecular weight is 333 g/mol.